The fraction of sp³-hybridized carbons (Fsp3) is 0.348. The first-order valence-corrected chi connectivity index (χ1v) is 10.2. The Labute approximate surface area is 184 Å². The number of halogens is 2. The predicted octanol–water partition coefficient (Wildman–Crippen LogP) is 4.05. The fourth-order valence-corrected chi connectivity index (χ4v) is 3.60. The molecule has 7 nitrogen and oxygen atoms in total. The van der Waals surface area contributed by atoms with Crippen molar-refractivity contribution in [2.45, 2.75) is 26.4 Å². The number of hydrogen-bond acceptors (Lipinski definition) is 5. The van der Waals surface area contributed by atoms with Gasteiger partial charge in [-0.05, 0) is 50.1 Å². The molecular weight excluding hydrogens is 420 g/mol. The van der Waals surface area contributed by atoms with E-state index in [-0.39, 0.29) is 23.8 Å². The summed E-state index contributed by atoms with van der Waals surface area (Å²) < 4.78 is 35.4. The first kappa shape index (κ1) is 23.0. The predicted molar refractivity (Wildman–Crippen MR) is 113 cm³/mol. The minimum Gasteiger partial charge on any atom is -0.492 e. The minimum absolute atomic E-state index is 0.0224. The fourth-order valence-electron chi connectivity index (χ4n) is 3.60. The van der Waals surface area contributed by atoms with Crippen LogP contribution in [0.1, 0.15) is 35.7 Å². The number of nitriles is 1. The molecule has 32 heavy (non-hydrogen) atoms. The highest BCUT2D eigenvalue weighted by Crippen LogP contribution is 2.29. The van der Waals surface area contributed by atoms with Crippen LogP contribution in [-0.2, 0) is 4.79 Å². The maximum atomic E-state index is 13.0. The zero-order valence-electron chi connectivity index (χ0n) is 17.5. The minimum atomic E-state index is -3.05. The van der Waals surface area contributed by atoms with Gasteiger partial charge in [-0.25, -0.2) is 0 Å². The van der Waals surface area contributed by atoms with Crippen LogP contribution in [0.2, 0.25) is 0 Å². The topological polar surface area (TPSA) is 91.7 Å². The average molecular weight is 443 g/mol. The molecule has 0 saturated carbocycles. The smallest absolute Gasteiger partial charge is 0.387 e. The van der Waals surface area contributed by atoms with E-state index in [1.807, 2.05) is 13.0 Å². The molecule has 3 rings (SSSR count). The van der Waals surface area contributed by atoms with Crippen molar-refractivity contribution in [2.75, 3.05) is 25.0 Å². The molecule has 2 amide bonds. The lowest BCUT2D eigenvalue weighted by molar-refractivity contribution is -0.121. The Kier molecular flexibility index (Phi) is 7.60. The van der Waals surface area contributed by atoms with Gasteiger partial charge >= 0.3 is 6.61 Å². The number of piperidine rings is 1. The number of rotatable bonds is 7. The first-order chi connectivity index (χ1) is 15.4. The monoisotopic (exact) mass is 443 g/mol. The molecule has 2 aromatic carbocycles. The van der Waals surface area contributed by atoms with Crippen LogP contribution in [-0.4, -0.2) is 43.0 Å². The zero-order valence-corrected chi connectivity index (χ0v) is 17.5. The lowest BCUT2D eigenvalue weighted by Gasteiger charge is -2.32. The van der Waals surface area contributed by atoms with Crippen molar-refractivity contribution in [1.29, 1.82) is 5.26 Å². The molecule has 0 bridgehead atoms. The molecule has 1 heterocycles. The molecule has 168 valence electrons. The van der Waals surface area contributed by atoms with Crippen molar-refractivity contribution in [3.8, 4) is 17.6 Å². The normalized spacial score (nSPS) is 15.7. The Morgan fingerprint density at radius 2 is 2.03 bits per heavy atom. The summed E-state index contributed by atoms with van der Waals surface area (Å²) in [5, 5.41) is 11.9. The van der Waals surface area contributed by atoms with Crippen molar-refractivity contribution in [2.24, 2.45) is 5.92 Å². The van der Waals surface area contributed by atoms with Crippen molar-refractivity contribution in [1.82, 2.24) is 4.90 Å². The van der Waals surface area contributed by atoms with Gasteiger partial charge in [0.05, 0.1) is 35.4 Å². The number of ether oxygens (including phenoxy) is 2. The van der Waals surface area contributed by atoms with Crippen molar-refractivity contribution in [3.63, 3.8) is 0 Å². The molecule has 9 heteroatoms. The number of carbonyl (C=O) groups excluding carboxylic acids is 2. The van der Waals surface area contributed by atoms with E-state index in [0.717, 1.165) is 0 Å². The van der Waals surface area contributed by atoms with Crippen molar-refractivity contribution >= 4 is 17.5 Å². The number of amides is 2. The van der Waals surface area contributed by atoms with Crippen LogP contribution in [0.15, 0.2) is 42.5 Å². The highest BCUT2D eigenvalue weighted by molar-refractivity contribution is 5.98. The van der Waals surface area contributed by atoms with Crippen molar-refractivity contribution < 1.29 is 27.8 Å². The number of carbonyl (C=O) groups is 2. The summed E-state index contributed by atoms with van der Waals surface area (Å²) in [6.45, 7) is -0.313. The molecular formula is C23H23F2N3O4. The summed E-state index contributed by atoms with van der Waals surface area (Å²) in [5.74, 6) is -1.04. The Morgan fingerprint density at radius 3 is 2.75 bits per heavy atom. The first-order valence-electron chi connectivity index (χ1n) is 10.2. The van der Waals surface area contributed by atoms with Gasteiger partial charge < -0.3 is 19.7 Å². The summed E-state index contributed by atoms with van der Waals surface area (Å²) in [7, 11) is 0. The standard InChI is InChI=1S/C23H23F2N3O4/c1-2-31-20-10-9-15(13-26)12-18(20)27-21(29)16-6-5-11-28(14-16)22(30)17-7-3-4-8-19(17)32-23(24)25/h3-4,7-10,12,16,23H,2,5-6,11,14H2,1H3,(H,27,29). The lowest BCUT2D eigenvalue weighted by Crippen LogP contribution is -2.44. The summed E-state index contributed by atoms with van der Waals surface area (Å²) in [4.78, 5) is 27.4. The van der Waals surface area contributed by atoms with Gasteiger partial charge in [-0.3, -0.25) is 9.59 Å². The zero-order chi connectivity index (χ0) is 23.1. The highest BCUT2D eigenvalue weighted by atomic mass is 19.3. The van der Waals surface area contributed by atoms with E-state index in [0.29, 0.717) is 43.0 Å². The summed E-state index contributed by atoms with van der Waals surface area (Å²) in [6, 6.07) is 12.6. The molecule has 1 fully saturated rings. The van der Waals surface area contributed by atoms with Gasteiger partial charge in [0.15, 0.2) is 0 Å². The lowest BCUT2D eigenvalue weighted by atomic mass is 9.96. The third-order valence-electron chi connectivity index (χ3n) is 5.08. The Balaban J connectivity index is 1.74. The van der Waals surface area contributed by atoms with E-state index >= 15 is 0 Å². The van der Waals surface area contributed by atoms with Crippen LogP contribution in [0.4, 0.5) is 14.5 Å². The van der Waals surface area contributed by atoms with Crippen LogP contribution >= 0.6 is 0 Å². The van der Waals surface area contributed by atoms with E-state index in [9.17, 15) is 18.4 Å². The van der Waals surface area contributed by atoms with Crippen LogP contribution in [0.3, 0.4) is 0 Å². The van der Waals surface area contributed by atoms with Crippen molar-refractivity contribution in [3.05, 3.63) is 53.6 Å². The van der Waals surface area contributed by atoms with Gasteiger partial charge in [-0.1, -0.05) is 12.1 Å². The third kappa shape index (κ3) is 5.52. The molecule has 0 aromatic heterocycles. The maximum absolute atomic E-state index is 13.0. The molecule has 1 saturated heterocycles. The number of nitrogens with one attached hydrogen (secondary N) is 1. The van der Waals surface area contributed by atoms with E-state index in [2.05, 4.69) is 10.1 Å². The van der Waals surface area contributed by atoms with E-state index in [4.69, 9.17) is 10.00 Å². The van der Waals surface area contributed by atoms with E-state index < -0.39 is 18.4 Å². The second-order valence-corrected chi connectivity index (χ2v) is 7.21. The number of hydrogen-bond donors (Lipinski definition) is 1. The number of anilines is 1. The third-order valence-corrected chi connectivity index (χ3v) is 5.08. The molecule has 0 aliphatic carbocycles. The second-order valence-electron chi connectivity index (χ2n) is 7.21. The average Bonchev–Trinajstić information content (AvgIpc) is 2.80. The number of likely N-dealkylation sites (tertiary alicyclic amines) is 1. The molecule has 1 aliphatic rings. The second kappa shape index (κ2) is 10.6. The number of benzene rings is 2. The molecule has 1 unspecified atom stereocenters. The van der Waals surface area contributed by atoms with Gasteiger partial charge in [-0.2, -0.15) is 14.0 Å². The molecule has 0 spiro atoms. The van der Waals surface area contributed by atoms with E-state index in [1.165, 1.54) is 29.2 Å². The molecule has 0 radical (unpaired) electrons. The van der Waals surface area contributed by atoms with Gasteiger partial charge in [0.2, 0.25) is 5.91 Å². The number of alkyl halides is 2. The summed E-state index contributed by atoms with van der Waals surface area (Å²) in [5.41, 5.74) is 0.782. The van der Waals surface area contributed by atoms with Gasteiger partial charge in [-0.15, -0.1) is 0 Å². The SMILES string of the molecule is CCOc1ccc(C#N)cc1NC(=O)C1CCCN(C(=O)c2ccccc2OC(F)F)C1. The van der Waals surface area contributed by atoms with Crippen LogP contribution < -0.4 is 14.8 Å². The summed E-state index contributed by atoms with van der Waals surface area (Å²) >= 11 is 0. The van der Waals surface area contributed by atoms with Crippen LogP contribution in [0.25, 0.3) is 0 Å². The van der Waals surface area contributed by atoms with Crippen LogP contribution in [0, 0.1) is 17.2 Å². The van der Waals surface area contributed by atoms with E-state index in [1.54, 1.807) is 18.2 Å². The van der Waals surface area contributed by atoms with Gasteiger partial charge in [0, 0.05) is 13.1 Å². The Bertz CT molecular complexity index is 1020. The highest BCUT2D eigenvalue weighted by Gasteiger charge is 2.30. The Hall–Kier alpha value is -3.67. The molecule has 2 aromatic rings. The molecule has 1 N–H and O–H groups in total. The summed E-state index contributed by atoms with van der Waals surface area (Å²) in [6.07, 6.45) is 1.14. The quantitative estimate of drug-likeness (QED) is 0.697. The van der Waals surface area contributed by atoms with Gasteiger partial charge in [0.25, 0.3) is 5.91 Å². The maximum Gasteiger partial charge on any atom is 0.387 e. The molecule has 1 aliphatic heterocycles. The Morgan fingerprint density at radius 1 is 1.25 bits per heavy atom. The van der Waals surface area contributed by atoms with Crippen LogP contribution in [0.5, 0.6) is 11.5 Å². The largest absolute Gasteiger partial charge is 0.492 e. The number of para-hydroxylation sites is 1. The number of nitrogens with zero attached hydrogens (tertiary/aromatic N) is 2. The van der Waals surface area contributed by atoms with Gasteiger partial charge in [0.1, 0.15) is 11.5 Å². The molecule has 1 atom stereocenters.